The first-order chi connectivity index (χ1) is 23.7. The van der Waals surface area contributed by atoms with Crippen LogP contribution in [0, 0.1) is 17.6 Å². The maximum atomic E-state index is 15.7. The summed E-state index contributed by atoms with van der Waals surface area (Å²) < 4.78 is 80.7. The van der Waals surface area contributed by atoms with Gasteiger partial charge in [0.2, 0.25) is 5.13 Å². The highest BCUT2D eigenvalue weighted by molar-refractivity contribution is 7.93. The van der Waals surface area contributed by atoms with Crippen molar-refractivity contribution in [3.8, 4) is 17.2 Å². The van der Waals surface area contributed by atoms with Gasteiger partial charge >= 0.3 is 0 Å². The van der Waals surface area contributed by atoms with E-state index in [9.17, 15) is 8.42 Å². The molecule has 4 aromatic carbocycles. The topological polar surface area (TPSA) is 94.1 Å². The van der Waals surface area contributed by atoms with Crippen molar-refractivity contribution < 1.29 is 31.4 Å². The average molecular weight is 727 g/mol. The van der Waals surface area contributed by atoms with E-state index >= 15 is 8.78 Å². The number of anilines is 1. The van der Waals surface area contributed by atoms with Crippen molar-refractivity contribution in [2.45, 2.75) is 23.9 Å². The highest BCUT2D eigenvalue weighted by atomic mass is 35.5. The van der Waals surface area contributed by atoms with Crippen LogP contribution in [0.5, 0.6) is 17.2 Å². The molecule has 1 aromatic heterocycles. The van der Waals surface area contributed by atoms with Gasteiger partial charge in [-0.3, -0.25) is 4.90 Å². The summed E-state index contributed by atoms with van der Waals surface area (Å²) in [6, 6.07) is 24.0. The number of methoxy groups -OCH3 is 2. The van der Waals surface area contributed by atoms with Gasteiger partial charge in [0.25, 0.3) is 10.0 Å². The van der Waals surface area contributed by atoms with Crippen LogP contribution in [0.25, 0.3) is 0 Å². The Morgan fingerprint density at radius 1 is 0.939 bits per heavy atom. The Labute approximate surface area is 292 Å². The quantitative estimate of drug-likeness (QED) is 0.126. The van der Waals surface area contributed by atoms with Gasteiger partial charge in [-0.25, -0.2) is 26.5 Å². The van der Waals surface area contributed by atoms with E-state index in [0.29, 0.717) is 34.7 Å². The van der Waals surface area contributed by atoms with E-state index in [-0.39, 0.29) is 35.9 Å². The monoisotopic (exact) mass is 726 g/mol. The lowest BCUT2D eigenvalue weighted by Crippen LogP contribution is -2.31. The van der Waals surface area contributed by atoms with E-state index in [2.05, 4.69) is 26.4 Å². The Balaban J connectivity index is 1.24. The summed E-state index contributed by atoms with van der Waals surface area (Å²) in [5, 5.41) is 0.587. The Morgan fingerprint density at radius 3 is 2.41 bits per heavy atom. The third-order valence-electron chi connectivity index (χ3n) is 8.44. The molecular weight excluding hydrogens is 694 g/mol. The molecule has 5 aromatic rings. The van der Waals surface area contributed by atoms with Crippen LogP contribution in [0.3, 0.4) is 0 Å². The molecule has 14 heteroatoms. The minimum atomic E-state index is -4.68. The minimum absolute atomic E-state index is 0.0347. The molecule has 0 N–H and O–H groups in total. The van der Waals surface area contributed by atoms with Crippen molar-refractivity contribution in [1.29, 1.82) is 0 Å². The van der Waals surface area contributed by atoms with Crippen LogP contribution in [0.2, 0.25) is 5.02 Å². The smallest absolute Gasteiger partial charge is 0.269 e. The normalized spacial score (nSPS) is 16.4. The lowest BCUT2D eigenvalue weighted by atomic mass is 9.89. The molecule has 0 aliphatic carbocycles. The molecule has 0 spiro atoms. The molecule has 0 radical (unpaired) electrons. The molecule has 6 rings (SSSR count). The van der Waals surface area contributed by atoms with Crippen molar-refractivity contribution in [3.63, 3.8) is 0 Å². The fraction of sp³-hybridized carbons (Fsp3) is 0.257. The number of benzene rings is 4. The number of ether oxygens (including phenoxy) is 3. The number of likely N-dealkylation sites (tertiary alicyclic amines) is 1. The van der Waals surface area contributed by atoms with Gasteiger partial charge in [0.05, 0.1) is 27.4 Å². The molecule has 2 atom stereocenters. The maximum absolute atomic E-state index is 15.7. The Hall–Kier alpha value is -4.30. The molecule has 49 heavy (non-hydrogen) atoms. The van der Waals surface area contributed by atoms with Crippen LogP contribution in [-0.4, -0.2) is 56.6 Å². The fourth-order valence-electron chi connectivity index (χ4n) is 5.99. The van der Waals surface area contributed by atoms with Gasteiger partial charge in [-0.05, 0) is 35.4 Å². The standard InChI is InChI=1S/C35H33ClF2N4O5S2/c1-45-28-13-10-25(32(14-28)46-2)19-42(35-39-22-40-48-35)49(43,44)34-16-30(37)33(15-31(34)38)47-21-26-18-41(17-23-6-4-3-5-7-23)20-29(26)24-8-11-27(36)12-9-24/h3-16,22,26,29H,17-21H2,1-2H3/t26-,29-/m0/s1. The molecule has 0 amide bonds. The first-order valence-corrected chi connectivity index (χ1v) is 17.9. The summed E-state index contributed by atoms with van der Waals surface area (Å²) in [5.74, 6) is -1.75. The second-order valence-electron chi connectivity index (χ2n) is 11.5. The molecule has 9 nitrogen and oxygen atoms in total. The van der Waals surface area contributed by atoms with Crippen molar-refractivity contribution in [1.82, 2.24) is 14.3 Å². The van der Waals surface area contributed by atoms with Crippen LogP contribution in [0.4, 0.5) is 13.9 Å². The van der Waals surface area contributed by atoms with Crippen molar-refractivity contribution in [2.75, 3.05) is 38.2 Å². The Morgan fingerprint density at radius 2 is 1.71 bits per heavy atom. The van der Waals surface area contributed by atoms with Crippen molar-refractivity contribution in [3.05, 3.63) is 125 Å². The summed E-state index contributed by atoms with van der Waals surface area (Å²) in [7, 11) is -1.76. The zero-order chi connectivity index (χ0) is 34.5. The van der Waals surface area contributed by atoms with Gasteiger partial charge in [0, 0.05) is 71.8 Å². The molecule has 1 aliphatic heterocycles. The van der Waals surface area contributed by atoms with Crippen LogP contribution in [-0.2, 0) is 23.1 Å². The number of halogens is 3. The zero-order valence-electron chi connectivity index (χ0n) is 26.6. The molecule has 1 saturated heterocycles. The molecular formula is C35H33ClF2N4O5S2. The Kier molecular flexibility index (Phi) is 10.6. The predicted octanol–water partition coefficient (Wildman–Crippen LogP) is 7.18. The lowest BCUT2D eigenvalue weighted by Gasteiger charge is -2.23. The average Bonchev–Trinajstić information content (AvgIpc) is 3.78. The van der Waals surface area contributed by atoms with E-state index < -0.39 is 26.6 Å². The van der Waals surface area contributed by atoms with Gasteiger partial charge in [0.1, 0.15) is 28.5 Å². The van der Waals surface area contributed by atoms with Crippen LogP contribution in [0.15, 0.2) is 96.2 Å². The van der Waals surface area contributed by atoms with Crippen LogP contribution >= 0.6 is 23.1 Å². The van der Waals surface area contributed by atoms with Gasteiger partial charge in [-0.1, -0.05) is 54.1 Å². The van der Waals surface area contributed by atoms with Crippen LogP contribution < -0.4 is 18.5 Å². The second-order valence-corrected chi connectivity index (χ2v) is 14.6. The van der Waals surface area contributed by atoms with E-state index in [1.807, 2.05) is 42.5 Å². The molecule has 1 aliphatic rings. The van der Waals surface area contributed by atoms with E-state index in [4.69, 9.17) is 25.8 Å². The number of nitrogens with zero attached hydrogens (tertiary/aromatic N) is 4. The SMILES string of the molecule is COc1ccc(CN(c2ncns2)S(=O)(=O)c2cc(F)c(OC[C@@H]3CN(Cc4ccccc4)C[C@H]3c3ccc(Cl)cc3)cc2F)c(OC)c1. The van der Waals surface area contributed by atoms with E-state index in [0.717, 1.165) is 46.1 Å². The van der Waals surface area contributed by atoms with E-state index in [1.165, 1.54) is 20.5 Å². The summed E-state index contributed by atoms with van der Waals surface area (Å²) in [4.78, 5) is 5.48. The zero-order valence-corrected chi connectivity index (χ0v) is 29.0. The summed E-state index contributed by atoms with van der Waals surface area (Å²) >= 11 is 6.94. The Bertz CT molecular complexity index is 1990. The predicted molar refractivity (Wildman–Crippen MR) is 184 cm³/mol. The van der Waals surface area contributed by atoms with E-state index in [1.54, 1.807) is 18.2 Å². The summed E-state index contributed by atoms with van der Waals surface area (Å²) in [6.07, 6.45) is 1.18. The fourth-order valence-corrected chi connectivity index (χ4v) is 8.31. The summed E-state index contributed by atoms with van der Waals surface area (Å²) in [5.41, 5.74) is 2.67. The van der Waals surface area contributed by atoms with Gasteiger partial charge in [-0.15, -0.1) is 0 Å². The van der Waals surface area contributed by atoms with Crippen molar-refractivity contribution >= 4 is 38.3 Å². The molecule has 0 unspecified atom stereocenters. The third-order valence-corrected chi connectivity index (χ3v) is 11.2. The summed E-state index contributed by atoms with van der Waals surface area (Å²) in [6.45, 7) is 1.90. The molecule has 0 saturated carbocycles. The van der Waals surface area contributed by atoms with Crippen LogP contribution in [0.1, 0.15) is 22.6 Å². The number of hydrogen-bond acceptors (Lipinski definition) is 9. The first-order valence-electron chi connectivity index (χ1n) is 15.3. The number of aromatic nitrogens is 2. The van der Waals surface area contributed by atoms with Gasteiger partial charge in [-0.2, -0.15) is 4.37 Å². The molecule has 1 fully saturated rings. The third kappa shape index (κ3) is 7.80. The molecule has 2 heterocycles. The highest BCUT2D eigenvalue weighted by Crippen LogP contribution is 2.37. The van der Waals surface area contributed by atoms with Gasteiger partial charge < -0.3 is 14.2 Å². The first kappa shape index (κ1) is 34.6. The number of hydrogen-bond donors (Lipinski definition) is 0. The molecule has 0 bridgehead atoms. The second kappa shape index (κ2) is 15.1. The highest BCUT2D eigenvalue weighted by Gasteiger charge is 2.36. The number of rotatable bonds is 13. The van der Waals surface area contributed by atoms with Gasteiger partial charge in [0.15, 0.2) is 11.6 Å². The number of sulfonamides is 1. The molecule has 256 valence electrons. The van der Waals surface area contributed by atoms with Crippen molar-refractivity contribution in [2.24, 2.45) is 5.92 Å². The maximum Gasteiger partial charge on any atom is 0.269 e. The lowest BCUT2D eigenvalue weighted by molar-refractivity contribution is 0.224. The minimum Gasteiger partial charge on any atom is -0.497 e. The largest absolute Gasteiger partial charge is 0.497 e.